The molecular weight excluding hydrogens is 357 g/mol. The molecule has 0 aromatic carbocycles. The molecule has 1 amide bonds. The smallest absolute Gasteiger partial charge is 0.416 e. The topological polar surface area (TPSA) is 89.0 Å². The Bertz CT molecular complexity index is 687. The minimum atomic E-state index is -4.55. The van der Waals surface area contributed by atoms with Gasteiger partial charge in [0.15, 0.2) is 0 Å². The van der Waals surface area contributed by atoms with Gasteiger partial charge in [0, 0.05) is 18.7 Å². The van der Waals surface area contributed by atoms with Gasteiger partial charge in [-0.2, -0.15) is 13.2 Å². The minimum Gasteiger partial charge on any atom is -0.480 e. The van der Waals surface area contributed by atoms with Crippen molar-refractivity contribution in [2.24, 2.45) is 0 Å². The number of carboxylic acid groups (broad SMARTS) is 1. The fourth-order valence-electron chi connectivity index (χ4n) is 2.46. The fraction of sp³-hybridized carbons (Fsp3) is 0.562. The van der Waals surface area contributed by atoms with Crippen LogP contribution in [0.15, 0.2) is 18.3 Å². The lowest BCUT2D eigenvalue weighted by molar-refractivity contribution is -0.142. The maximum absolute atomic E-state index is 12.7. The molecule has 1 fully saturated rings. The van der Waals surface area contributed by atoms with Crippen LogP contribution in [-0.2, 0) is 15.7 Å². The standard InChI is InChI=1S/C16H19F3N2O5/c1-15(2,3)26-14(24)21-8-10(7-11(21)13(22)23)25-12-6-9(4-5-20-12)16(17,18)19/h4-6,10-11H,7-8H2,1-3H3,(H,22,23)/t10-,11-/m0/s1. The fourth-order valence-corrected chi connectivity index (χ4v) is 2.46. The molecule has 0 aliphatic carbocycles. The van der Waals surface area contributed by atoms with Crippen LogP contribution in [0, 0.1) is 0 Å². The van der Waals surface area contributed by atoms with Crippen molar-refractivity contribution < 1.29 is 37.3 Å². The van der Waals surface area contributed by atoms with E-state index in [0.29, 0.717) is 0 Å². The van der Waals surface area contributed by atoms with E-state index < -0.39 is 41.5 Å². The molecule has 1 aliphatic heterocycles. The highest BCUT2D eigenvalue weighted by molar-refractivity contribution is 5.81. The van der Waals surface area contributed by atoms with Gasteiger partial charge in [-0.15, -0.1) is 0 Å². The maximum atomic E-state index is 12.7. The Kier molecular flexibility index (Phi) is 5.33. The number of rotatable bonds is 3. The van der Waals surface area contributed by atoms with E-state index in [0.717, 1.165) is 23.2 Å². The van der Waals surface area contributed by atoms with Crippen LogP contribution in [-0.4, -0.2) is 51.3 Å². The van der Waals surface area contributed by atoms with E-state index in [2.05, 4.69) is 4.98 Å². The number of aromatic nitrogens is 1. The zero-order chi connectivity index (χ0) is 19.7. The summed E-state index contributed by atoms with van der Waals surface area (Å²) >= 11 is 0. The number of ether oxygens (including phenoxy) is 2. The van der Waals surface area contributed by atoms with Crippen LogP contribution in [0.25, 0.3) is 0 Å². The number of nitrogens with zero attached hydrogens (tertiary/aromatic N) is 2. The van der Waals surface area contributed by atoms with Crippen LogP contribution in [0.3, 0.4) is 0 Å². The summed E-state index contributed by atoms with van der Waals surface area (Å²) in [6, 6.07) is 0.334. The van der Waals surface area contributed by atoms with Crippen molar-refractivity contribution in [3.8, 4) is 5.88 Å². The van der Waals surface area contributed by atoms with Gasteiger partial charge < -0.3 is 14.6 Å². The quantitative estimate of drug-likeness (QED) is 0.873. The molecule has 1 aromatic heterocycles. The Labute approximate surface area is 147 Å². The van der Waals surface area contributed by atoms with Crippen LogP contribution >= 0.6 is 0 Å². The molecule has 0 saturated carbocycles. The van der Waals surface area contributed by atoms with E-state index >= 15 is 0 Å². The Hall–Kier alpha value is -2.52. The van der Waals surface area contributed by atoms with E-state index in [-0.39, 0.29) is 18.8 Å². The molecule has 1 saturated heterocycles. The van der Waals surface area contributed by atoms with Crippen LogP contribution in [0.2, 0.25) is 0 Å². The van der Waals surface area contributed by atoms with E-state index in [1.165, 1.54) is 0 Å². The molecule has 0 bridgehead atoms. The monoisotopic (exact) mass is 376 g/mol. The molecule has 10 heteroatoms. The molecule has 2 rings (SSSR count). The number of carboxylic acids is 1. The van der Waals surface area contributed by atoms with Crippen molar-refractivity contribution in [1.29, 1.82) is 0 Å². The second kappa shape index (κ2) is 7.00. The van der Waals surface area contributed by atoms with E-state index in [9.17, 15) is 27.9 Å². The second-order valence-electron chi connectivity index (χ2n) is 6.84. The van der Waals surface area contributed by atoms with Crippen LogP contribution in [0.5, 0.6) is 5.88 Å². The van der Waals surface area contributed by atoms with E-state index in [1.54, 1.807) is 20.8 Å². The second-order valence-corrected chi connectivity index (χ2v) is 6.84. The molecule has 26 heavy (non-hydrogen) atoms. The number of carbonyl (C=O) groups is 2. The number of likely N-dealkylation sites (tertiary alicyclic amines) is 1. The van der Waals surface area contributed by atoms with Gasteiger partial charge in [0.05, 0.1) is 12.1 Å². The predicted molar refractivity (Wildman–Crippen MR) is 82.6 cm³/mol. The minimum absolute atomic E-state index is 0.0908. The van der Waals surface area contributed by atoms with Crippen molar-refractivity contribution in [3.05, 3.63) is 23.9 Å². The number of amides is 1. The van der Waals surface area contributed by atoms with Crippen molar-refractivity contribution in [3.63, 3.8) is 0 Å². The number of hydrogen-bond donors (Lipinski definition) is 1. The highest BCUT2D eigenvalue weighted by Gasteiger charge is 2.43. The van der Waals surface area contributed by atoms with Crippen molar-refractivity contribution in [1.82, 2.24) is 9.88 Å². The number of halogens is 3. The summed E-state index contributed by atoms with van der Waals surface area (Å²) in [7, 11) is 0. The summed E-state index contributed by atoms with van der Waals surface area (Å²) in [5.74, 6) is -1.54. The molecule has 0 radical (unpaired) electrons. The van der Waals surface area contributed by atoms with E-state index in [1.807, 2.05) is 0 Å². The lowest BCUT2D eigenvalue weighted by atomic mass is 10.2. The third-order valence-electron chi connectivity index (χ3n) is 3.53. The number of pyridine rings is 1. The first kappa shape index (κ1) is 19.8. The molecule has 2 atom stereocenters. The van der Waals surface area contributed by atoms with Crippen LogP contribution in [0.4, 0.5) is 18.0 Å². The summed E-state index contributed by atoms with van der Waals surface area (Å²) in [4.78, 5) is 28.3. The van der Waals surface area contributed by atoms with E-state index in [4.69, 9.17) is 9.47 Å². The number of aliphatic carboxylic acids is 1. The van der Waals surface area contributed by atoms with Gasteiger partial charge in [-0.05, 0) is 26.8 Å². The van der Waals surface area contributed by atoms with Gasteiger partial charge in [-0.25, -0.2) is 14.6 Å². The van der Waals surface area contributed by atoms with Crippen molar-refractivity contribution >= 4 is 12.1 Å². The van der Waals surface area contributed by atoms with Gasteiger partial charge in [-0.3, -0.25) is 4.90 Å². The molecule has 2 heterocycles. The first-order valence-corrected chi connectivity index (χ1v) is 7.79. The molecule has 7 nitrogen and oxygen atoms in total. The van der Waals surface area contributed by atoms with Crippen molar-refractivity contribution in [2.45, 2.75) is 51.1 Å². The van der Waals surface area contributed by atoms with Gasteiger partial charge in [0.25, 0.3) is 0 Å². The summed E-state index contributed by atoms with van der Waals surface area (Å²) in [6.45, 7) is 4.77. The first-order valence-electron chi connectivity index (χ1n) is 7.79. The molecule has 0 spiro atoms. The Morgan fingerprint density at radius 2 is 1.96 bits per heavy atom. The molecule has 1 N–H and O–H groups in total. The van der Waals surface area contributed by atoms with Crippen LogP contribution < -0.4 is 4.74 Å². The molecule has 144 valence electrons. The Morgan fingerprint density at radius 1 is 1.31 bits per heavy atom. The first-order chi connectivity index (χ1) is 11.9. The molecule has 1 aromatic rings. The molecule has 0 unspecified atom stereocenters. The van der Waals surface area contributed by atoms with Crippen LogP contribution in [0.1, 0.15) is 32.8 Å². The Balaban J connectivity index is 2.12. The molecule has 1 aliphatic rings. The zero-order valence-corrected chi connectivity index (χ0v) is 14.4. The van der Waals surface area contributed by atoms with Crippen molar-refractivity contribution in [2.75, 3.05) is 6.54 Å². The summed E-state index contributed by atoms with van der Waals surface area (Å²) in [5, 5.41) is 9.30. The lowest BCUT2D eigenvalue weighted by Crippen LogP contribution is -2.43. The highest BCUT2D eigenvalue weighted by Crippen LogP contribution is 2.31. The van der Waals surface area contributed by atoms with Gasteiger partial charge in [-0.1, -0.05) is 0 Å². The third-order valence-corrected chi connectivity index (χ3v) is 3.53. The average Bonchev–Trinajstić information content (AvgIpc) is 2.89. The highest BCUT2D eigenvalue weighted by atomic mass is 19.4. The largest absolute Gasteiger partial charge is 0.480 e. The van der Waals surface area contributed by atoms with Gasteiger partial charge >= 0.3 is 18.2 Å². The Morgan fingerprint density at radius 3 is 2.50 bits per heavy atom. The average molecular weight is 376 g/mol. The van der Waals surface area contributed by atoms with Gasteiger partial charge in [0.1, 0.15) is 17.7 Å². The predicted octanol–water partition coefficient (Wildman–Crippen LogP) is 2.94. The molecular formula is C16H19F3N2O5. The lowest BCUT2D eigenvalue weighted by Gasteiger charge is -2.26. The summed E-state index contributed by atoms with van der Waals surface area (Å²) in [5.41, 5.74) is -1.75. The summed E-state index contributed by atoms with van der Waals surface area (Å²) in [6.07, 6.45) is -5.34. The SMILES string of the molecule is CC(C)(C)OC(=O)N1C[C@@H](Oc2cc(C(F)(F)F)ccn2)C[C@H]1C(=O)O. The normalized spacial score (nSPS) is 20.8. The van der Waals surface area contributed by atoms with Gasteiger partial charge in [0.2, 0.25) is 5.88 Å². The zero-order valence-electron chi connectivity index (χ0n) is 14.4. The maximum Gasteiger partial charge on any atom is 0.416 e. The summed E-state index contributed by atoms with van der Waals surface area (Å²) < 4.78 is 48.8. The number of carbonyl (C=O) groups excluding carboxylic acids is 1. The third kappa shape index (κ3) is 4.99. The number of hydrogen-bond acceptors (Lipinski definition) is 5. The number of alkyl halides is 3.